The van der Waals surface area contributed by atoms with Gasteiger partial charge in [0, 0.05) is 0 Å². The maximum absolute atomic E-state index is 5.75. The van der Waals surface area contributed by atoms with Crippen molar-refractivity contribution in [3.8, 4) is 16.3 Å². The lowest BCUT2D eigenvalue weighted by Gasteiger charge is -2.09. The number of rotatable bonds is 2. The number of methoxy groups -OCH3 is 1. The number of halogens is 1. The van der Waals surface area contributed by atoms with Crippen LogP contribution in [-0.2, 0) is 0 Å². The van der Waals surface area contributed by atoms with E-state index in [1.165, 1.54) is 22.5 Å². The van der Waals surface area contributed by atoms with Crippen molar-refractivity contribution in [3.05, 3.63) is 27.0 Å². The van der Waals surface area contributed by atoms with Crippen LogP contribution >= 0.6 is 27.3 Å². The Morgan fingerprint density at radius 3 is 2.47 bits per heavy atom. The van der Waals surface area contributed by atoms with Crippen LogP contribution in [0, 0.1) is 13.8 Å². The first-order valence-corrected chi connectivity index (χ1v) is 6.71. The summed E-state index contributed by atoms with van der Waals surface area (Å²) in [5.41, 5.74) is 9.15. The molecule has 90 valence electrons. The molecule has 5 heteroatoms. The second-order valence-electron chi connectivity index (χ2n) is 3.81. The van der Waals surface area contributed by atoms with Crippen LogP contribution in [0.15, 0.2) is 15.9 Å². The highest BCUT2D eigenvalue weighted by Crippen LogP contribution is 2.38. The predicted octanol–water partition coefficient (Wildman–Crippen LogP) is 3.78. The zero-order chi connectivity index (χ0) is 12.6. The molecular weight excluding hydrogens is 300 g/mol. The van der Waals surface area contributed by atoms with Gasteiger partial charge in [-0.1, -0.05) is 0 Å². The molecule has 0 saturated heterocycles. The molecule has 0 bridgehead atoms. The fraction of sp³-hybridized carbons (Fsp3) is 0.250. The highest BCUT2D eigenvalue weighted by atomic mass is 79.9. The molecule has 1 aromatic heterocycles. The van der Waals surface area contributed by atoms with Crippen molar-refractivity contribution in [2.45, 2.75) is 13.8 Å². The van der Waals surface area contributed by atoms with Gasteiger partial charge in [0.15, 0.2) is 0 Å². The zero-order valence-electron chi connectivity index (χ0n) is 9.87. The third-order valence-electron chi connectivity index (χ3n) is 2.66. The van der Waals surface area contributed by atoms with Gasteiger partial charge in [-0.05, 0) is 53.0 Å². The molecule has 0 unspecified atom stereocenters. The van der Waals surface area contributed by atoms with Crippen molar-refractivity contribution in [3.63, 3.8) is 0 Å². The third-order valence-corrected chi connectivity index (χ3v) is 4.44. The molecule has 0 aliphatic rings. The van der Waals surface area contributed by atoms with Crippen molar-refractivity contribution in [1.29, 1.82) is 0 Å². The van der Waals surface area contributed by atoms with Gasteiger partial charge in [0.1, 0.15) is 20.4 Å². The van der Waals surface area contributed by atoms with E-state index in [4.69, 9.17) is 10.5 Å². The summed E-state index contributed by atoms with van der Waals surface area (Å²) in [5, 5.41) is 0.870. The molecule has 17 heavy (non-hydrogen) atoms. The van der Waals surface area contributed by atoms with E-state index in [0.717, 1.165) is 20.1 Å². The van der Waals surface area contributed by atoms with Crippen molar-refractivity contribution in [2.24, 2.45) is 0 Å². The van der Waals surface area contributed by atoms with E-state index in [9.17, 15) is 0 Å². The molecule has 2 aromatic rings. The molecule has 0 amide bonds. The Morgan fingerprint density at radius 2 is 1.94 bits per heavy atom. The van der Waals surface area contributed by atoms with Gasteiger partial charge in [-0.15, -0.1) is 11.3 Å². The summed E-state index contributed by atoms with van der Waals surface area (Å²) >= 11 is 4.90. The van der Waals surface area contributed by atoms with Gasteiger partial charge in [-0.3, -0.25) is 0 Å². The topological polar surface area (TPSA) is 48.1 Å². The Kier molecular flexibility index (Phi) is 3.40. The highest BCUT2D eigenvalue weighted by molar-refractivity contribution is 9.11. The van der Waals surface area contributed by atoms with Crippen LogP contribution in [0.1, 0.15) is 11.1 Å². The summed E-state index contributed by atoms with van der Waals surface area (Å²) in [6, 6.07) is 4.11. The largest absolute Gasteiger partial charge is 0.496 e. The van der Waals surface area contributed by atoms with Crippen LogP contribution in [0.2, 0.25) is 0 Å². The number of aromatic nitrogens is 1. The molecule has 2 rings (SSSR count). The maximum Gasteiger partial charge on any atom is 0.149 e. The smallest absolute Gasteiger partial charge is 0.149 e. The Hall–Kier alpha value is -1.07. The SMILES string of the molecule is COc1cc(C)c(C)cc1-c1nc(N)c(Br)s1. The van der Waals surface area contributed by atoms with Crippen molar-refractivity contribution in [2.75, 3.05) is 12.8 Å². The number of thiazole rings is 1. The number of ether oxygens (including phenoxy) is 1. The lowest BCUT2D eigenvalue weighted by atomic mass is 10.1. The van der Waals surface area contributed by atoms with Crippen LogP contribution in [0.4, 0.5) is 5.82 Å². The van der Waals surface area contributed by atoms with Crippen LogP contribution in [0.5, 0.6) is 5.75 Å². The van der Waals surface area contributed by atoms with E-state index >= 15 is 0 Å². The van der Waals surface area contributed by atoms with Gasteiger partial charge in [0.2, 0.25) is 0 Å². The minimum atomic E-state index is 0.519. The van der Waals surface area contributed by atoms with Gasteiger partial charge in [-0.25, -0.2) is 4.98 Å². The van der Waals surface area contributed by atoms with Crippen LogP contribution in [0.3, 0.4) is 0 Å². The Bertz CT molecular complexity index is 546. The van der Waals surface area contributed by atoms with Crippen LogP contribution in [0.25, 0.3) is 10.6 Å². The Labute approximate surface area is 113 Å². The fourth-order valence-corrected chi connectivity index (χ4v) is 2.84. The number of benzene rings is 1. The molecule has 1 heterocycles. The summed E-state index contributed by atoms with van der Waals surface area (Å²) in [6.07, 6.45) is 0. The molecule has 0 fully saturated rings. The van der Waals surface area contributed by atoms with E-state index in [1.807, 2.05) is 6.07 Å². The van der Waals surface area contributed by atoms with Crippen molar-refractivity contribution >= 4 is 33.1 Å². The van der Waals surface area contributed by atoms with Gasteiger partial charge < -0.3 is 10.5 Å². The number of nitrogen functional groups attached to an aromatic ring is 1. The summed E-state index contributed by atoms with van der Waals surface area (Å²) in [6.45, 7) is 4.14. The first kappa shape index (κ1) is 12.4. The molecule has 0 atom stereocenters. The molecule has 0 aliphatic heterocycles. The monoisotopic (exact) mass is 312 g/mol. The molecule has 2 N–H and O–H groups in total. The number of aryl methyl sites for hydroxylation is 2. The zero-order valence-corrected chi connectivity index (χ0v) is 12.3. The minimum Gasteiger partial charge on any atom is -0.496 e. The number of anilines is 1. The minimum absolute atomic E-state index is 0.519. The number of hydrogen-bond donors (Lipinski definition) is 1. The normalized spacial score (nSPS) is 10.6. The first-order valence-electron chi connectivity index (χ1n) is 5.10. The second kappa shape index (κ2) is 4.66. The highest BCUT2D eigenvalue weighted by Gasteiger charge is 2.13. The quantitative estimate of drug-likeness (QED) is 0.918. The Morgan fingerprint density at radius 1 is 1.29 bits per heavy atom. The van der Waals surface area contributed by atoms with E-state index in [0.29, 0.717) is 5.82 Å². The third kappa shape index (κ3) is 2.30. The molecule has 3 nitrogen and oxygen atoms in total. The molecule has 0 spiro atoms. The number of nitrogens with two attached hydrogens (primary N) is 1. The summed E-state index contributed by atoms with van der Waals surface area (Å²) < 4.78 is 6.25. The van der Waals surface area contributed by atoms with E-state index in [2.05, 4.69) is 40.8 Å². The van der Waals surface area contributed by atoms with E-state index in [1.54, 1.807) is 7.11 Å². The Balaban J connectivity index is 2.61. The van der Waals surface area contributed by atoms with Gasteiger partial charge >= 0.3 is 0 Å². The molecular formula is C12H13BrN2OS. The number of hydrogen-bond acceptors (Lipinski definition) is 4. The van der Waals surface area contributed by atoms with Gasteiger partial charge in [0.05, 0.1) is 12.7 Å². The van der Waals surface area contributed by atoms with Gasteiger partial charge in [-0.2, -0.15) is 0 Å². The first-order chi connectivity index (χ1) is 8.02. The second-order valence-corrected chi connectivity index (χ2v) is 6.13. The molecule has 0 aliphatic carbocycles. The summed E-state index contributed by atoms with van der Waals surface area (Å²) in [5.74, 6) is 1.35. The molecule has 1 aromatic carbocycles. The van der Waals surface area contributed by atoms with Gasteiger partial charge in [0.25, 0.3) is 0 Å². The van der Waals surface area contributed by atoms with E-state index in [-0.39, 0.29) is 0 Å². The standard InChI is InChI=1S/C12H13BrN2OS/c1-6-4-8(9(16-3)5-7(6)2)12-15-11(14)10(13)17-12/h4-5H,14H2,1-3H3. The maximum atomic E-state index is 5.75. The van der Waals surface area contributed by atoms with E-state index < -0.39 is 0 Å². The molecule has 0 radical (unpaired) electrons. The lowest BCUT2D eigenvalue weighted by Crippen LogP contribution is -1.92. The van der Waals surface area contributed by atoms with Crippen molar-refractivity contribution < 1.29 is 4.74 Å². The predicted molar refractivity (Wildman–Crippen MR) is 75.7 cm³/mol. The average Bonchev–Trinajstić information content (AvgIpc) is 2.62. The lowest BCUT2D eigenvalue weighted by molar-refractivity contribution is 0.416. The van der Waals surface area contributed by atoms with Crippen LogP contribution in [-0.4, -0.2) is 12.1 Å². The number of nitrogens with zero attached hydrogens (tertiary/aromatic N) is 1. The molecule has 0 saturated carbocycles. The fourth-order valence-electron chi connectivity index (χ4n) is 1.55. The summed E-state index contributed by atoms with van der Waals surface area (Å²) in [7, 11) is 1.67. The van der Waals surface area contributed by atoms with Crippen molar-refractivity contribution in [1.82, 2.24) is 4.98 Å². The summed E-state index contributed by atoms with van der Waals surface area (Å²) in [4.78, 5) is 4.33. The van der Waals surface area contributed by atoms with Crippen LogP contribution < -0.4 is 10.5 Å². The average molecular weight is 313 g/mol.